The van der Waals surface area contributed by atoms with E-state index in [1.54, 1.807) is 42.7 Å². The predicted molar refractivity (Wildman–Crippen MR) is 98.5 cm³/mol. The second-order valence-electron chi connectivity index (χ2n) is 5.18. The third-order valence-electron chi connectivity index (χ3n) is 3.40. The fourth-order valence-electron chi connectivity index (χ4n) is 2.14. The first kappa shape index (κ1) is 18.5. The number of benzene rings is 1. The maximum Gasteiger partial charge on any atom is 0.342 e. The maximum atomic E-state index is 11.5. The Labute approximate surface area is 158 Å². The summed E-state index contributed by atoms with van der Waals surface area (Å²) >= 11 is 0.858. The van der Waals surface area contributed by atoms with Crippen molar-refractivity contribution in [3.63, 3.8) is 0 Å². The summed E-state index contributed by atoms with van der Waals surface area (Å²) < 4.78 is 16.0. The molecule has 0 unspecified atom stereocenters. The number of carboxylic acid groups (broad SMARTS) is 1. The van der Waals surface area contributed by atoms with Crippen LogP contribution in [0.3, 0.4) is 0 Å². The van der Waals surface area contributed by atoms with Crippen LogP contribution in [0.15, 0.2) is 57.3 Å². The summed E-state index contributed by atoms with van der Waals surface area (Å²) in [5.41, 5.74) is 1.25. The van der Waals surface area contributed by atoms with Crippen molar-refractivity contribution in [3.05, 3.63) is 53.2 Å². The molecule has 138 valence electrons. The number of hydrogen-bond donors (Lipinski definition) is 1. The van der Waals surface area contributed by atoms with Crippen molar-refractivity contribution in [3.8, 4) is 23.0 Å². The number of aromatic nitrogens is 3. The number of rotatable bonds is 7. The molecule has 0 spiro atoms. The normalized spacial score (nSPS) is 11.3. The molecule has 9 heteroatoms. The van der Waals surface area contributed by atoms with Gasteiger partial charge < -0.3 is 19.0 Å². The van der Waals surface area contributed by atoms with Gasteiger partial charge in [0.2, 0.25) is 5.89 Å². The fraction of sp³-hybridized carbons (Fsp3) is 0.111. The summed E-state index contributed by atoms with van der Waals surface area (Å²) in [5, 5.41) is 17.4. The fourth-order valence-corrected chi connectivity index (χ4v) is 2.81. The lowest BCUT2D eigenvalue weighted by atomic mass is 10.2. The molecule has 0 aliphatic heterocycles. The molecule has 0 saturated carbocycles. The lowest BCUT2D eigenvalue weighted by molar-refractivity contribution is -0.131. The molecule has 0 amide bonds. The highest BCUT2D eigenvalue weighted by Gasteiger charge is 2.17. The second kappa shape index (κ2) is 8.37. The molecule has 0 aliphatic carbocycles. The summed E-state index contributed by atoms with van der Waals surface area (Å²) in [6.45, 7) is 0. The molecule has 1 N–H and O–H groups in total. The molecule has 3 rings (SSSR count). The van der Waals surface area contributed by atoms with Crippen LogP contribution in [-0.4, -0.2) is 40.5 Å². The van der Waals surface area contributed by atoms with Crippen LogP contribution < -0.4 is 9.47 Å². The molecule has 0 fully saturated rings. The highest BCUT2D eigenvalue weighted by Crippen LogP contribution is 2.33. The Bertz CT molecular complexity index is 950. The van der Waals surface area contributed by atoms with Crippen molar-refractivity contribution >= 4 is 23.8 Å². The first-order valence-electron chi connectivity index (χ1n) is 7.69. The summed E-state index contributed by atoms with van der Waals surface area (Å²) in [4.78, 5) is 15.5. The largest absolute Gasteiger partial charge is 0.497 e. The zero-order valence-electron chi connectivity index (χ0n) is 14.4. The zero-order chi connectivity index (χ0) is 19.2. The second-order valence-corrected chi connectivity index (χ2v) is 6.17. The topological polar surface area (TPSA) is 108 Å². The van der Waals surface area contributed by atoms with Gasteiger partial charge in [0, 0.05) is 24.0 Å². The van der Waals surface area contributed by atoms with E-state index in [0.717, 1.165) is 11.8 Å². The Morgan fingerprint density at radius 2 is 1.93 bits per heavy atom. The summed E-state index contributed by atoms with van der Waals surface area (Å²) in [5.74, 6) is 0.256. The van der Waals surface area contributed by atoms with Gasteiger partial charge in [0.15, 0.2) is 0 Å². The van der Waals surface area contributed by atoms with E-state index in [1.165, 1.54) is 20.3 Å². The highest BCUT2D eigenvalue weighted by atomic mass is 32.2. The Balaban J connectivity index is 1.87. The summed E-state index contributed by atoms with van der Waals surface area (Å²) in [6, 6.07) is 8.62. The van der Waals surface area contributed by atoms with E-state index in [0.29, 0.717) is 22.6 Å². The molecule has 27 heavy (non-hydrogen) atoms. The molecule has 2 heterocycles. The molecular weight excluding hydrogens is 370 g/mol. The van der Waals surface area contributed by atoms with Crippen molar-refractivity contribution < 1.29 is 23.8 Å². The van der Waals surface area contributed by atoms with Crippen LogP contribution >= 0.6 is 11.8 Å². The van der Waals surface area contributed by atoms with Gasteiger partial charge in [-0.05, 0) is 41.6 Å². The van der Waals surface area contributed by atoms with E-state index >= 15 is 0 Å². The van der Waals surface area contributed by atoms with Gasteiger partial charge in [0.05, 0.1) is 14.2 Å². The van der Waals surface area contributed by atoms with Gasteiger partial charge in [-0.15, -0.1) is 10.2 Å². The first-order chi connectivity index (χ1) is 13.1. The third-order valence-corrected chi connectivity index (χ3v) is 4.25. The van der Waals surface area contributed by atoms with Crippen LogP contribution in [0, 0.1) is 0 Å². The molecule has 0 saturated heterocycles. The average Bonchev–Trinajstić information content (AvgIpc) is 3.16. The molecule has 3 aromatic rings. The van der Waals surface area contributed by atoms with E-state index in [2.05, 4.69) is 15.2 Å². The van der Waals surface area contributed by atoms with E-state index in [9.17, 15) is 9.90 Å². The first-order valence-corrected chi connectivity index (χ1v) is 8.50. The summed E-state index contributed by atoms with van der Waals surface area (Å²) in [6.07, 6.45) is 4.65. The predicted octanol–water partition coefficient (Wildman–Crippen LogP) is 3.37. The Morgan fingerprint density at radius 1 is 1.19 bits per heavy atom. The van der Waals surface area contributed by atoms with Crippen LogP contribution in [0.25, 0.3) is 17.5 Å². The summed E-state index contributed by atoms with van der Waals surface area (Å²) in [7, 11) is 3.08. The number of carbonyl (C=O) groups is 1. The lowest BCUT2D eigenvalue weighted by Gasteiger charge is -2.05. The van der Waals surface area contributed by atoms with Gasteiger partial charge >= 0.3 is 5.97 Å². The smallest absolute Gasteiger partial charge is 0.342 e. The Hall–Kier alpha value is -3.33. The monoisotopic (exact) mass is 385 g/mol. The Morgan fingerprint density at radius 3 is 2.52 bits per heavy atom. The van der Waals surface area contributed by atoms with Gasteiger partial charge in [-0.1, -0.05) is 6.07 Å². The van der Waals surface area contributed by atoms with Crippen molar-refractivity contribution in [2.75, 3.05) is 14.2 Å². The number of thioether (sulfide) groups is 1. The SMILES string of the molecule is COc1cc(OC)cc(-c2nnc(S/C(=C/c3cccnc3)C(=O)O)o2)c1. The van der Waals surface area contributed by atoms with Gasteiger partial charge in [0.25, 0.3) is 5.22 Å². The zero-order valence-corrected chi connectivity index (χ0v) is 15.3. The average molecular weight is 385 g/mol. The lowest BCUT2D eigenvalue weighted by Crippen LogP contribution is -1.96. The van der Waals surface area contributed by atoms with Crippen LogP contribution in [-0.2, 0) is 4.79 Å². The quantitative estimate of drug-likeness (QED) is 0.484. The third kappa shape index (κ3) is 4.64. The number of aliphatic carboxylic acids is 1. The minimum absolute atomic E-state index is 0.0291. The molecule has 8 nitrogen and oxygen atoms in total. The number of pyridine rings is 1. The minimum Gasteiger partial charge on any atom is -0.497 e. The maximum absolute atomic E-state index is 11.5. The Kier molecular flexibility index (Phi) is 5.72. The number of carboxylic acids is 1. The van der Waals surface area contributed by atoms with Gasteiger partial charge in [0.1, 0.15) is 16.4 Å². The van der Waals surface area contributed by atoms with E-state index in [1.807, 2.05) is 0 Å². The van der Waals surface area contributed by atoms with Crippen LogP contribution in [0.2, 0.25) is 0 Å². The highest BCUT2D eigenvalue weighted by molar-refractivity contribution is 8.03. The van der Waals surface area contributed by atoms with Gasteiger partial charge in [-0.2, -0.15) is 0 Å². The number of nitrogens with zero attached hydrogens (tertiary/aromatic N) is 3. The van der Waals surface area contributed by atoms with E-state index < -0.39 is 5.97 Å². The van der Waals surface area contributed by atoms with Crippen molar-refractivity contribution in [1.82, 2.24) is 15.2 Å². The van der Waals surface area contributed by atoms with Crippen molar-refractivity contribution in [1.29, 1.82) is 0 Å². The van der Waals surface area contributed by atoms with E-state index in [-0.39, 0.29) is 16.0 Å². The molecule has 2 aromatic heterocycles. The molecule has 0 atom stereocenters. The van der Waals surface area contributed by atoms with Crippen molar-refractivity contribution in [2.24, 2.45) is 0 Å². The minimum atomic E-state index is -1.10. The standard InChI is InChI=1S/C18H15N3O5S/c1-24-13-7-12(8-14(9-13)25-2)16-20-21-18(26-16)27-15(17(22)23)6-11-4-3-5-19-10-11/h3-10H,1-2H3,(H,22,23)/b15-6+. The van der Waals surface area contributed by atoms with Crippen molar-refractivity contribution in [2.45, 2.75) is 5.22 Å². The molecule has 0 aliphatic rings. The van der Waals surface area contributed by atoms with Crippen LogP contribution in [0.5, 0.6) is 11.5 Å². The number of hydrogen-bond acceptors (Lipinski definition) is 8. The molecule has 0 radical (unpaired) electrons. The van der Waals surface area contributed by atoms with Crippen LogP contribution in [0.4, 0.5) is 0 Å². The van der Waals surface area contributed by atoms with Gasteiger partial charge in [-0.25, -0.2) is 4.79 Å². The van der Waals surface area contributed by atoms with E-state index in [4.69, 9.17) is 13.9 Å². The van der Waals surface area contributed by atoms with Crippen LogP contribution in [0.1, 0.15) is 5.56 Å². The molecule has 1 aromatic carbocycles. The number of ether oxygens (including phenoxy) is 2. The number of methoxy groups -OCH3 is 2. The molecular formula is C18H15N3O5S. The van der Waals surface area contributed by atoms with Gasteiger partial charge in [-0.3, -0.25) is 4.98 Å². The molecule has 0 bridgehead atoms.